The molecule has 1 amide bonds. The molecule has 0 bridgehead atoms. The number of hydrogen-bond donors (Lipinski definition) is 1. The van der Waals surface area contributed by atoms with Crippen LogP contribution in [0.5, 0.6) is 17.2 Å². The molecule has 2 aliphatic heterocycles. The van der Waals surface area contributed by atoms with Crippen LogP contribution in [-0.4, -0.2) is 66.6 Å². The average molecular weight is 667 g/mol. The summed E-state index contributed by atoms with van der Waals surface area (Å²) in [5.41, 5.74) is 0.834. The van der Waals surface area contributed by atoms with Crippen LogP contribution in [0.1, 0.15) is 38.8 Å². The van der Waals surface area contributed by atoms with Crippen LogP contribution in [0.4, 0.5) is 4.79 Å². The fourth-order valence-corrected chi connectivity index (χ4v) is 8.74. The number of ether oxygens (including phenoxy) is 4. The van der Waals surface area contributed by atoms with E-state index in [1.165, 1.54) is 31.4 Å². The van der Waals surface area contributed by atoms with Crippen molar-refractivity contribution in [3.8, 4) is 17.2 Å². The molecular formula is C34H38N2O8S2. The lowest BCUT2D eigenvalue weighted by molar-refractivity contribution is -0.0690. The van der Waals surface area contributed by atoms with E-state index in [-0.39, 0.29) is 30.7 Å². The van der Waals surface area contributed by atoms with Crippen molar-refractivity contribution in [3.63, 3.8) is 0 Å². The molecule has 4 aromatic rings. The summed E-state index contributed by atoms with van der Waals surface area (Å²) < 4.78 is 53.8. The molecule has 3 heterocycles. The molecule has 2 atom stereocenters. The first-order valence-corrected chi connectivity index (χ1v) is 17.5. The molecular weight excluding hydrogens is 629 g/mol. The molecule has 3 aromatic carbocycles. The van der Waals surface area contributed by atoms with Crippen molar-refractivity contribution >= 4 is 37.5 Å². The second-order valence-corrected chi connectivity index (χ2v) is 15.3. The van der Waals surface area contributed by atoms with E-state index in [2.05, 4.69) is 17.5 Å². The number of rotatable bonds is 11. The molecule has 1 aromatic heterocycles. The molecule has 1 saturated heterocycles. The molecule has 2 aliphatic rings. The van der Waals surface area contributed by atoms with Crippen LogP contribution in [0.25, 0.3) is 10.1 Å². The maximum absolute atomic E-state index is 14.0. The normalized spacial score (nSPS) is 19.0. The van der Waals surface area contributed by atoms with Crippen LogP contribution in [0.2, 0.25) is 0 Å². The number of hydrogen-bond acceptors (Lipinski definition) is 8. The summed E-state index contributed by atoms with van der Waals surface area (Å²) >= 11 is 1.69. The van der Waals surface area contributed by atoms with Crippen molar-refractivity contribution in [2.45, 2.75) is 63.5 Å². The van der Waals surface area contributed by atoms with Crippen molar-refractivity contribution in [1.29, 1.82) is 0 Å². The Hall–Kier alpha value is -3.84. The van der Waals surface area contributed by atoms with E-state index >= 15 is 0 Å². The minimum absolute atomic E-state index is 0.00633. The Bertz CT molecular complexity index is 1820. The van der Waals surface area contributed by atoms with E-state index < -0.39 is 34.0 Å². The molecule has 0 spiro atoms. The lowest BCUT2D eigenvalue weighted by Gasteiger charge is -2.31. The van der Waals surface area contributed by atoms with Crippen molar-refractivity contribution in [1.82, 2.24) is 9.21 Å². The van der Waals surface area contributed by atoms with Crippen molar-refractivity contribution in [2.75, 3.05) is 19.9 Å². The number of benzene rings is 3. The monoisotopic (exact) mass is 666 g/mol. The number of carbonyl (C=O) groups is 1. The summed E-state index contributed by atoms with van der Waals surface area (Å²) in [6, 6.07) is 19.7. The van der Waals surface area contributed by atoms with E-state index in [4.69, 9.17) is 18.9 Å². The highest BCUT2D eigenvalue weighted by atomic mass is 32.2. The van der Waals surface area contributed by atoms with Crippen LogP contribution < -0.4 is 14.2 Å². The Kier molecular flexibility index (Phi) is 8.90. The minimum atomic E-state index is -3.98. The first-order valence-electron chi connectivity index (χ1n) is 15.2. The number of carboxylic acid groups (broad SMARTS) is 1. The van der Waals surface area contributed by atoms with Crippen LogP contribution in [0.15, 0.2) is 77.0 Å². The lowest BCUT2D eigenvalue weighted by atomic mass is 10.00. The van der Waals surface area contributed by atoms with Gasteiger partial charge in [0.1, 0.15) is 18.1 Å². The Labute approximate surface area is 273 Å². The third-order valence-electron chi connectivity index (χ3n) is 8.24. The van der Waals surface area contributed by atoms with Crippen molar-refractivity contribution in [2.24, 2.45) is 5.92 Å². The molecule has 12 heteroatoms. The highest BCUT2D eigenvalue weighted by molar-refractivity contribution is 7.89. The van der Waals surface area contributed by atoms with Gasteiger partial charge in [-0.05, 0) is 72.8 Å². The van der Waals surface area contributed by atoms with Gasteiger partial charge in [-0.1, -0.05) is 44.2 Å². The van der Waals surface area contributed by atoms with Gasteiger partial charge >= 0.3 is 6.09 Å². The van der Waals surface area contributed by atoms with E-state index in [1.54, 1.807) is 31.3 Å². The van der Waals surface area contributed by atoms with E-state index in [1.807, 2.05) is 50.2 Å². The van der Waals surface area contributed by atoms with Gasteiger partial charge < -0.3 is 24.1 Å². The van der Waals surface area contributed by atoms with Gasteiger partial charge in [-0.3, -0.25) is 4.90 Å². The molecule has 244 valence electrons. The molecule has 6 rings (SSSR count). The Morgan fingerprint density at radius 3 is 2.57 bits per heavy atom. The quantitative estimate of drug-likeness (QED) is 0.191. The number of amides is 1. The summed E-state index contributed by atoms with van der Waals surface area (Å²) in [6.45, 7) is 7.93. The van der Waals surface area contributed by atoms with Gasteiger partial charge in [0.2, 0.25) is 16.8 Å². The summed E-state index contributed by atoms with van der Waals surface area (Å²) in [5, 5.41) is 13.6. The molecule has 1 N–H and O–H groups in total. The van der Waals surface area contributed by atoms with E-state index in [0.717, 1.165) is 11.1 Å². The zero-order chi connectivity index (χ0) is 32.6. The zero-order valence-corrected chi connectivity index (χ0v) is 27.8. The summed E-state index contributed by atoms with van der Waals surface area (Å²) in [7, 11) is -3.98. The maximum atomic E-state index is 14.0. The number of sulfonamides is 1. The topological polar surface area (TPSA) is 115 Å². The van der Waals surface area contributed by atoms with Crippen molar-refractivity contribution < 1.29 is 37.3 Å². The highest BCUT2D eigenvalue weighted by Gasteiger charge is 2.51. The third kappa shape index (κ3) is 6.52. The van der Waals surface area contributed by atoms with Crippen LogP contribution in [0, 0.1) is 5.92 Å². The Balaban J connectivity index is 1.22. The van der Waals surface area contributed by atoms with Crippen LogP contribution in [-0.2, 0) is 27.8 Å². The number of thiophene rings is 1. The second-order valence-electron chi connectivity index (χ2n) is 12.4. The number of fused-ring (bicyclic) bond motifs is 2. The van der Waals surface area contributed by atoms with Gasteiger partial charge in [0.15, 0.2) is 11.5 Å². The molecule has 0 aliphatic carbocycles. The van der Waals surface area contributed by atoms with E-state index in [9.17, 15) is 18.3 Å². The highest BCUT2D eigenvalue weighted by Crippen LogP contribution is 2.38. The van der Waals surface area contributed by atoms with Gasteiger partial charge in [-0.15, -0.1) is 11.3 Å². The summed E-state index contributed by atoms with van der Waals surface area (Å²) in [4.78, 5) is 13.9. The van der Waals surface area contributed by atoms with Gasteiger partial charge in [-0.2, -0.15) is 4.31 Å². The second kappa shape index (κ2) is 12.7. The fourth-order valence-electron chi connectivity index (χ4n) is 6.16. The molecule has 46 heavy (non-hydrogen) atoms. The smallest absolute Gasteiger partial charge is 0.409 e. The summed E-state index contributed by atoms with van der Waals surface area (Å²) in [6.07, 6.45) is -1.53. The van der Waals surface area contributed by atoms with Gasteiger partial charge in [0.25, 0.3) is 0 Å². The Morgan fingerprint density at radius 2 is 1.83 bits per heavy atom. The number of nitrogens with zero attached hydrogens (tertiary/aromatic N) is 2. The average Bonchev–Trinajstić information content (AvgIpc) is 3.71. The van der Waals surface area contributed by atoms with Gasteiger partial charge in [-0.25, -0.2) is 13.2 Å². The predicted octanol–water partition coefficient (Wildman–Crippen LogP) is 6.58. The van der Waals surface area contributed by atoms with E-state index in [0.29, 0.717) is 30.3 Å². The molecule has 0 unspecified atom stereocenters. The van der Waals surface area contributed by atoms with Gasteiger partial charge in [0.05, 0.1) is 17.0 Å². The predicted molar refractivity (Wildman–Crippen MR) is 175 cm³/mol. The Morgan fingerprint density at radius 1 is 1.09 bits per heavy atom. The lowest BCUT2D eigenvalue weighted by Crippen LogP contribution is -2.50. The molecule has 0 radical (unpaired) electrons. The minimum Gasteiger partial charge on any atom is -0.489 e. The van der Waals surface area contributed by atoms with Gasteiger partial charge in [0, 0.05) is 29.4 Å². The first-order chi connectivity index (χ1) is 21.9. The maximum Gasteiger partial charge on any atom is 0.409 e. The van der Waals surface area contributed by atoms with Crippen LogP contribution >= 0.6 is 11.3 Å². The third-order valence-corrected chi connectivity index (χ3v) is 11.1. The SMILES string of the molecule is CC(C)CN(C[C@H]1OC(C)(C)N(C(=O)O)[C@H]1Cc1ccc(OCc2csc3ccccc23)cc1)S(=O)(=O)c1ccc2c(c1)OCO2. The zero-order valence-electron chi connectivity index (χ0n) is 26.2. The van der Waals surface area contributed by atoms with Crippen molar-refractivity contribution in [3.05, 3.63) is 83.2 Å². The fraction of sp³-hybridized carbons (Fsp3) is 0.382. The molecule has 1 fully saturated rings. The molecule has 10 nitrogen and oxygen atoms in total. The first kappa shape index (κ1) is 32.1. The van der Waals surface area contributed by atoms with Crippen LogP contribution in [0.3, 0.4) is 0 Å². The molecule has 0 saturated carbocycles. The largest absolute Gasteiger partial charge is 0.489 e. The summed E-state index contributed by atoms with van der Waals surface area (Å²) in [5.74, 6) is 1.57. The standard InChI is InChI=1S/C34H38N2O8S2/c1-22(2)17-35(46(39,40)26-13-14-29-30(16-26)43-21-42-29)18-31-28(36(33(37)38)34(3,4)44-31)15-23-9-11-25(12-10-23)41-19-24-20-45-32-8-6-5-7-27(24)32/h5-14,16,20,22,28,31H,15,17-19,21H2,1-4H3,(H,37,38)/t28-,31+/m0/s1.